The molecule has 1 fully saturated rings. The van der Waals surface area contributed by atoms with E-state index in [0.717, 1.165) is 0 Å². The summed E-state index contributed by atoms with van der Waals surface area (Å²) in [6.07, 6.45) is -11.9. The molecule has 9 nitrogen and oxygen atoms in total. The van der Waals surface area contributed by atoms with Gasteiger partial charge in [0.15, 0.2) is 6.10 Å². The number of aliphatic hydroxyl groups excluding tert-OH is 6. The van der Waals surface area contributed by atoms with Crippen molar-refractivity contribution in [1.82, 2.24) is 0 Å². The van der Waals surface area contributed by atoms with Crippen LogP contribution in [-0.2, 0) is 14.3 Å². The van der Waals surface area contributed by atoms with Gasteiger partial charge in [-0.05, 0) is 0 Å². The van der Waals surface area contributed by atoms with Crippen LogP contribution in [0.3, 0.4) is 0 Å². The Balaban J connectivity index is 2.86. The van der Waals surface area contributed by atoms with E-state index in [9.17, 15) is 20.1 Å². The van der Waals surface area contributed by atoms with E-state index in [4.69, 9.17) is 21.4 Å². The molecule has 1 heterocycles. The van der Waals surface area contributed by atoms with Gasteiger partial charge in [0.25, 0.3) is 0 Å². The van der Waals surface area contributed by atoms with E-state index in [-0.39, 0.29) is 0 Å². The molecule has 0 radical (unpaired) electrons. The number of hydrogen-bond acceptors (Lipinski definition) is 9. The van der Waals surface area contributed by atoms with E-state index in [1.165, 1.54) is 0 Å². The van der Waals surface area contributed by atoms with Crippen molar-refractivity contribution < 1.29 is 46.3 Å². The van der Waals surface area contributed by atoms with Gasteiger partial charge in [-0.15, -0.1) is 0 Å². The zero-order valence-corrected chi connectivity index (χ0v) is 9.21. The van der Waals surface area contributed by atoms with Crippen molar-refractivity contribution in [3.63, 3.8) is 0 Å². The molecule has 0 bridgehead atoms. The molecule has 1 rings (SSSR count). The maximum atomic E-state index is 11.2. The van der Waals surface area contributed by atoms with Crippen molar-refractivity contribution in [2.75, 3.05) is 13.2 Å². The predicted octanol–water partition coefficient (Wildman–Crippen LogP) is -4.32. The minimum absolute atomic E-state index is 0.800. The molecule has 2 unspecified atom stereocenters. The highest BCUT2D eigenvalue weighted by Crippen LogP contribution is 2.22. The summed E-state index contributed by atoms with van der Waals surface area (Å²) in [5.41, 5.74) is 0. The van der Waals surface area contributed by atoms with Crippen LogP contribution in [0.25, 0.3) is 0 Å². The van der Waals surface area contributed by atoms with E-state index in [0.29, 0.717) is 0 Å². The van der Waals surface area contributed by atoms with Gasteiger partial charge in [0, 0.05) is 0 Å². The maximum absolute atomic E-state index is 11.2. The van der Waals surface area contributed by atoms with Gasteiger partial charge in [0.2, 0.25) is 6.27 Å². The van der Waals surface area contributed by atoms with Crippen molar-refractivity contribution in [3.05, 3.63) is 0 Å². The van der Waals surface area contributed by atoms with Gasteiger partial charge >= 0.3 is 5.97 Å². The molecule has 0 aromatic rings. The highest BCUT2D eigenvalue weighted by molar-refractivity contribution is 5.74. The van der Waals surface area contributed by atoms with Crippen LogP contribution >= 0.6 is 0 Å². The van der Waals surface area contributed by atoms with Crippen LogP contribution in [0.1, 0.15) is 1.37 Å². The summed E-state index contributed by atoms with van der Waals surface area (Å²) < 4.78 is 16.7. The zero-order chi connectivity index (χ0) is 14.8. The van der Waals surface area contributed by atoms with Gasteiger partial charge in [0.1, 0.15) is 25.8 Å². The number of hydrogen-bond donors (Lipinski definition) is 6. The Morgan fingerprint density at radius 2 is 1.89 bits per heavy atom. The standard InChI is InChI=1S/C9H16O9/c10-1-3(12)8(16)18-9-7(15)6(14)5(13)4(2-11)17-9/h3-7,9-15H,1-2H2/t3?,4-,5-,6+,7+,9?/m1/s1/i9D. The fraction of sp³-hybridized carbons (Fsp3) is 0.889. The molecule has 18 heavy (non-hydrogen) atoms. The summed E-state index contributed by atoms with van der Waals surface area (Å²) in [6.45, 7) is -1.77. The number of aliphatic hydroxyl groups is 6. The van der Waals surface area contributed by atoms with Crippen molar-refractivity contribution in [2.24, 2.45) is 0 Å². The Hall–Kier alpha value is -0.810. The second-order valence-electron chi connectivity index (χ2n) is 3.70. The van der Waals surface area contributed by atoms with E-state index in [2.05, 4.69) is 4.74 Å². The molecule has 0 amide bonds. The van der Waals surface area contributed by atoms with Crippen molar-refractivity contribution in [2.45, 2.75) is 36.8 Å². The topological polar surface area (TPSA) is 157 Å². The van der Waals surface area contributed by atoms with Crippen LogP contribution in [0.15, 0.2) is 0 Å². The molecule has 1 aliphatic heterocycles. The Labute approximate surface area is 103 Å². The molecule has 0 aliphatic carbocycles. The summed E-state index contributed by atoms with van der Waals surface area (Å²) in [7, 11) is 0. The second-order valence-corrected chi connectivity index (χ2v) is 3.70. The Bertz CT molecular complexity index is 325. The van der Waals surface area contributed by atoms with Crippen LogP contribution in [0.5, 0.6) is 0 Å². The Morgan fingerprint density at radius 3 is 2.39 bits per heavy atom. The maximum Gasteiger partial charge on any atom is 0.339 e. The van der Waals surface area contributed by atoms with Gasteiger partial charge in [-0.25, -0.2) is 4.79 Å². The van der Waals surface area contributed by atoms with Crippen molar-refractivity contribution in [3.8, 4) is 0 Å². The molecule has 0 spiro atoms. The SMILES string of the molecule is [2H]C1(OC(=O)C(O)CO)O[C@H](CO)[C@@H](O)[C@H](O)[C@@H]1O. The van der Waals surface area contributed by atoms with Gasteiger partial charge < -0.3 is 40.1 Å². The normalized spacial score (nSPS) is 43.1. The van der Waals surface area contributed by atoms with Crippen LogP contribution in [0.4, 0.5) is 0 Å². The summed E-state index contributed by atoms with van der Waals surface area (Å²) in [6, 6.07) is 0. The second kappa shape index (κ2) is 6.38. The molecular weight excluding hydrogens is 252 g/mol. The first-order valence-electron chi connectivity index (χ1n) is 5.61. The Kier molecular flexibility index (Phi) is 4.83. The minimum atomic E-state index is -2.82. The third kappa shape index (κ3) is 3.14. The van der Waals surface area contributed by atoms with Crippen LogP contribution < -0.4 is 0 Å². The number of carbonyl (C=O) groups is 1. The predicted molar refractivity (Wildman–Crippen MR) is 53.0 cm³/mol. The van der Waals surface area contributed by atoms with Gasteiger partial charge in [0.05, 0.1) is 13.2 Å². The molecule has 1 aliphatic rings. The summed E-state index contributed by atoms with van der Waals surface area (Å²) >= 11 is 0. The van der Waals surface area contributed by atoms with Crippen molar-refractivity contribution in [1.29, 1.82) is 0 Å². The minimum Gasteiger partial charge on any atom is -0.431 e. The fourth-order valence-electron chi connectivity index (χ4n) is 1.31. The summed E-state index contributed by atoms with van der Waals surface area (Å²) in [4.78, 5) is 11.2. The van der Waals surface area contributed by atoms with Crippen LogP contribution in [0.2, 0.25) is 0 Å². The molecule has 0 aromatic heterocycles. The molecule has 106 valence electrons. The molecule has 0 saturated carbocycles. The van der Waals surface area contributed by atoms with Crippen LogP contribution in [-0.4, -0.2) is 86.6 Å². The third-order valence-corrected chi connectivity index (χ3v) is 2.39. The largest absolute Gasteiger partial charge is 0.431 e. The van der Waals surface area contributed by atoms with E-state index in [1.807, 2.05) is 0 Å². The first-order chi connectivity index (χ1) is 8.76. The number of ether oxygens (including phenoxy) is 2. The van der Waals surface area contributed by atoms with Crippen LogP contribution in [0, 0.1) is 0 Å². The molecule has 6 N–H and O–H groups in total. The first kappa shape index (κ1) is 13.6. The molecule has 1 saturated heterocycles. The van der Waals surface area contributed by atoms with E-state index in [1.54, 1.807) is 0 Å². The summed E-state index contributed by atoms with van der Waals surface area (Å²) in [5.74, 6) is -1.46. The van der Waals surface area contributed by atoms with E-state index < -0.39 is 56.0 Å². The molecule has 6 atom stereocenters. The van der Waals surface area contributed by atoms with Gasteiger partial charge in [-0.3, -0.25) is 0 Å². The van der Waals surface area contributed by atoms with Crippen molar-refractivity contribution >= 4 is 5.97 Å². The zero-order valence-electron chi connectivity index (χ0n) is 10.2. The average Bonchev–Trinajstić information content (AvgIpc) is 2.39. The number of carbonyl (C=O) groups excluding carboxylic acids is 1. The quantitative estimate of drug-likeness (QED) is 0.278. The highest BCUT2D eigenvalue weighted by atomic mass is 16.7. The molecule has 9 heteroatoms. The summed E-state index contributed by atoms with van der Waals surface area (Å²) in [5, 5.41) is 54.9. The number of esters is 1. The lowest BCUT2D eigenvalue weighted by Gasteiger charge is -2.39. The average molecular weight is 269 g/mol. The van der Waals surface area contributed by atoms with Gasteiger partial charge in [-0.2, -0.15) is 0 Å². The lowest BCUT2D eigenvalue weighted by Crippen LogP contribution is -2.59. The first-order valence-corrected chi connectivity index (χ1v) is 5.11. The lowest BCUT2D eigenvalue weighted by atomic mass is 9.99. The monoisotopic (exact) mass is 269 g/mol. The Morgan fingerprint density at radius 1 is 1.28 bits per heavy atom. The highest BCUT2D eigenvalue weighted by Gasteiger charge is 2.45. The lowest BCUT2D eigenvalue weighted by molar-refractivity contribution is -0.294. The molecular formula is C9H16O9. The smallest absolute Gasteiger partial charge is 0.339 e. The third-order valence-electron chi connectivity index (χ3n) is 2.39. The van der Waals surface area contributed by atoms with Gasteiger partial charge in [-0.1, -0.05) is 0 Å². The molecule has 0 aromatic carbocycles. The fourth-order valence-corrected chi connectivity index (χ4v) is 1.31. The van der Waals surface area contributed by atoms with E-state index >= 15 is 0 Å². The number of rotatable bonds is 4.